The molecule has 2 N–H and O–H groups in total. The predicted molar refractivity (Wildman–Crippen MR) is 69.6 cm³/mol. The molecule has 0 spiro atoms. The summed E-state index contributed by atoms with van der Waals surface area (Å²) in [5.41, 5.74) is 0. The van der Waals surface area contributed by atoms with Crippen molar-refractivity contribution in [1.82, 2.24) is 4.72 Å². The van der Waals surface area contributed by atoms with E-state index in [1.54, 1.807) is 0 Å². The van der Waals surface area contributed by atoms with E-state index in [1.165, 1.54) is 7.11 Å². The minimum absolute atomic E-state index is 0.0517. The van der Waals surface area contributed by atoms with Crippen LogP contribution in [0.5, 0.6) is 0 Å². The number of aliphatic carboxylic acids is 1. The van der Waals surface area contributed by atoms with Crippen molar-refractivity contribution < 1.29 is 27.4 Å². The van der Waals surface area contributed by atoms with Crippen molar-refractivity contribution in [3.05, 3.63) is 29.0 Å². The van der Waals surface area contributed by atoms with Gasteiger partial charge >= 0.3 is 5.97 Å². The number of carboxylic acids is 1. The van der Waals surface area contributed by atoms with E-state index in [2.05, 4.69) is 0 Å². The third-order valence-electron chi connectivity index (χ3n) is 2.39. The lowest BCUT2D eigenvalue weighted by molar-refractivity contribution is -0.139. The van der Waals surface area contributed by atoms with Crippen LogP contribution in [0, 0.1) is 5.82 Å². The molecule has 0 saturated carbocycles. The minimum Gasteiger partial charge on any atom is -0.480 e. The monoisotopic (exact) mass is 325 g/mol. The molecular formula is C11H13ClFNO5S. The molecule has 1 aromatic rings. The highest BCUT2D eigenvalue weighted by atomic mass is 35.5. The van der Waals surface area contributed by atoms with Gasteiger partial charge in [0, 0.05) is 13.7 Å². The molecule has 6 nitrogen and oxygen atoms in total. The maximum atomic E-state index is 12.9. The summed E-state index contributed by atoms with van der Waals surface area (Å²) in [6, 6.07) is 1.36. The van der Waals surface area contributed by atoms with Gasteiger partial charge in [-0.15, -0.1) is 0 Å². The van der Waals surface area contributed by atoms with Gasteiger partial charge in [-0.1, -0.05) is 11.6 Å². The van der Waals surface area contributed by atoms with Crippen LogP contribution in [0.1, 0.15) is 6.42 Å². The summed E-state index contributed by atoms with van der Waals surface area (Å²) >= 11 is 5.65. The summed E-state index contributed by atoms with van der Waals surface area (Å²) < 4.78 is 43.6. The van der Waals surface area contributed by atoms with E-state index >= 15 is 0 Å². The molecule has 1 unspecified atom stereocenters. The first-order valence-electron chi connectivity index (χ1n) is 5.47. The van der Waals surface area contributed by atoms with Crippen LogP contribution in [0.3, 0.4) is 0 Å². The highest BCUT2D eigenvalue weighted by Gasteiger charge is 2.26. The molecule has 0 heterocycles. The SMILES string of the molecule is COCCC(NS(=O)(=O)c1ccc(F)cc1Cl)C(=O)O. The molecule has 20 heavy (non-hydrogen) atoms. The number of rotatable bonds is 7. The largest absolute Gasteiger partial charge is 0.480 e. The Hall–Kier alpha value is -1.22. The Morgan fingerprint density at radius 3 is 2.70 bits per heavy atom. The molecule has 0 radical (unpaired) electrons. The van der Waals surface area contributed by atoms with Crippen LogP contribution >= 0.6 is 11.6 Å². The predicted octanol–water partition coefficient (Wildman–Crippen LogP) is 1.25. The Morgan fingerprint density at radius 1 is 1.55 bits per heavy atom. The van der Waals surface area contributed by atoms with Crippen molar-refractivity contribution in [2.24, 2.45) is 0 Å². The minimum atomic E-state index is -4.17. The third kappa shape index (κ3) is 4.41. The third-order valence-corrected chi connectivity index (χ3v) is 4.34. The molecule has 112 valence electrons. The Labute approximate surface area is 120 Å². The van der Waals surface area contributed by atoms with Crippen LogP contribution in [0.15, 0.2) is 23.1 Å². The van der Waals surface area contributed by atoms with Gasteiger partial charge in [0.05, 0.1) is 5.02 Å². The van der Waals surface area contributed by atoms with Gasteiger partial charge in [-0.25, -0.2) is 12.8 Å². The number of carbonyl (C=O) groups is 1. The van der Waals surface area contributed by atoms with E-state index in [-0.39, 0.29) is 22.9 Å². The number of carboxylic acid groups (broad SMARTS) is 1. The van der Waals surface area contributed by atoms with Gasteiger partial charge in [-0.05, 0) is 24.6 Å². The maximum absolute atomic E-state index is 12.9. The smallest absolute Gasteiger partial charge is 0.321 e. The number of halogens is 2. The van der Waals surface area contributed by atoms with E-state index in [4.69, 9.17) is 21.4 Å². The van der Waals surface area contributed by atoms with Crippen molar-refractivity contribution in [1.29, 1.82) is 0 Å². The van der Waals surface area contributed by atoms with Crippen LogP contribution in [-0.4, -0.2) is 39.3 Å². The van der Waals surface area contributed by atoms with Crippen molar-refractivity contribution in [3.63, 3.8) is 0 Å². The molecule has 0 amide bonds. The molecular weight excluding hydrogens is 313 g/mol. The molecule has 0 aliphatic heterocycles. The van der Waals surface area contributed by atoms with Crippen LogP contribution in [0.25, 0.3) is 0 Å². The first kappa shape index (κ1) is 16.8. The van der Waals surface area contributed by atoms with Gasteiger partial charge in [0.15, 0.2) is 0 Å². The highest BCUT2D eigenvalue weighted by molar-refractivity contribution is 7.89. The Morgan fingerprint density at radius 2 is 2.20 bits per heavy atom. The molecule has 0 aliphatic carbocycles. The topological polar surface area (TPSA) is 92.7 Å². The molecule has 0 saturated heterocycles. The zero-order valence-electron chi connectivity index (χ0n) is 10.5. The summed E-state index contributed by atoms with van der Waals surface area (Å²) in [5, 5.41) is 8.62. The van der Waals surface area contributed by atoms with Gasteiger partial charge in [-0.2, -0.15) is 4.72 Å². The van der Waals surface area contributed by atoms with Crippen LogP contribution < -0.4 is 4.72 Å². The lowest BCUT2D eigenvalue weighted by atomic mass is 10.2. The van der Waals surface area contributed by atoms with Crippen molar-refractivity contribution >= 4 is 27.6 Å². The fourth-order valence-electron chi connectivity index (χ4n) is 1.41. The van der Waals surface area contributed by atoms with Crippen molar-refractivity contribution in [3.8, 4) is 0 Å². The number of benzene rings is 1. The molecule has 1 rings (SSSR count). The van der Waals surface area contributed by atoms with E-state index in [1.807, 2.05) is 4.72 Å². The lowest BCUT2D eigenvalue weighted by Crippen LogP contribution is -2.41. The second-order valence-electron chi connectivity index (χ2n) is 3.87. The molecule has 1 aromatic carbocycles. The van der Waals surface area contributed by atoms with Crippen LogP contribution in [-0.2, 0) is 19.6 Å². The highest BCUT2D eigenvalue weighted by Crippen LogP contribution is 2.22. The van der Waals surface area contributed by atoms with Crippen LogP contribution in [0.4, 0.5) is 4.39 Å². The molecule has 1 atom stereocenters. The molecule has 0 aliphatic rings. The van der Waals surface area contributed by atoms with E-state index in [0.717, 1.165) is 18.2 Å². The van der Waals surface area contributed by atoms with Gasteiger partial charge in [0.2, 0.25) is 10.0 Å². The standard InChI is InChI=1S/C11H13ClFNO5S/c1-19-5-4-9(11(15)16)14-20(17,18)10-3-2-7(13)6-8(10)12/h2-3,6,9,14H,4-5H2,1H3,(H,15,16). The second kappa shape index (κ2) is 6.98. The number of methoxy groups -OCH3 is 1. The molecule has 0 bridgehead atoms. The molecule has 9 heteroatoms. The number of ether oxygens (including phenoxy) is 1. The van der Waals surface area contributed by atoms with E-state index in [0.29, 0.717) is 0 Å². The lowest BCUT2D eigenvalue weighted by Gasteiger charge is -2.15. The summed E-state index contributed by atoms with van der Waals surface area (Å²) in [4.78, 5) is 10.6. The zero-order chi connectivity index (χ0) is 15.3. The van der Waals surface area contributed by atoms with E-state index in [9.17, 15) is 17.6 Å². The number of hydrogen-bond acceptors (Lipinski definition) is 4. The fraction of sp³-hybridized carbons (Fsp3) is 0.364. The van der Waals surface area contributed by atoms with E-state index < -0.39 is 27.9 Å². The Balaban J connectivity index is 3.00. The summed E-state index contributed by atoms with van der Waals surface area (Å²) in [6.45, 7) is 0.0661. The summed E-state index contributed by atoms with van der Waals surface area (Å²) in [5.74, 6) is -2.04. The van der Waals surface area contributed by atoms with Gasteiger partial charge in [0.1, 0.15) is 16.8 Å². The number of sulfonamides is 1. The first-order chi connectivity index (χ1) is 9.27. The van der Waals surface area contributed by atoms with Crippen LogP contribution in [0.2, 0.25) is 5.02 Å². The summed E-state index contributed by atoms with van der Waals surface area (Å²) in [7, 11) is -2.80. The molecule has 0 aromatic heterocycles. The van der Waals surface area contributed by atoms with Gasteiger partial charge in [0.25, 0.3) is 0 Å². The maximum Gasteiger partial charge on any atom is 0.321 e. The normalized spacial score (nSPS) is 13.2. The van der Waals surface area contributed by atoms with Gasteiger partial charge in [-0.3, -0.25) is 4.79 Å². The first-order valence-corrected chi connectivity index (χ1v) is 7.33. The number of hydrogen-bond donors (Lipinski definition) is 2. The average Bonchev–Trinajstić information content (AvgIpc) is 2.33. The quantitative estimate of drug-likeness (QED) is 0.787. The Kier molecular flexibility index (Phi) is 5.88. The van der Waals surface area contributed by atoms with Gasteiger partial charge < -0.3 is 9.84 Å². The molecule has 0 fully saturated rings. The summed E-state index contributed by atoms with van der Waals surface area (Å²) in [6.07, 6.45) is -0.0517. The second-order valence-corrected chi connectivity index (χ2v) is 5.96. The average molecular weight is 326 g/mol. The fourth-order valence-corrected chi connectivity index (χ4v) is 3.17. The zero-order valence-corrected chi connectivity index (χ0v) is 12.0. The van der Waals surface area contributed by atoms with Crippen molar-refractivity contribution in [2.45, 2.75) is 17.4 Å². The Bertz CT molecular complexity index is 592. The van der Waals surface area contributed by atoms with Crippen molar-refractivity contribution in [2.75, 3.05) is 13.7 Å². The number of nitrogens with one attached hydrogen (secondary N) is 1.